The Kier molecular flexibility index (Phi) is 2.28. The Morgan fingerprint density at radius 1 is 1.70 bits per heavy atom. The maximum atomic E-state index is 9.65. The van der Waals surface area contributed by atoms with Crippen molar-refractivity contribution < 1.29 is 9.84 Å². The minimum Gasteiger partial charge on any atom is -0.386 e. The molecule has 60 valence electrons. The van der Waals surface area contributed by atoms with Crippen LogP contribution in [0.25, 0.3) is 0 Å². The van der Waals surface area contributed by atoms with Gasteiger partial charge in [0.15, 0.2) is 0 Å². The Bertz CT molecular complexity index is 114. The number of methoxy groups -OCH3 is 1. The molecule has 0 aromatic heterocycles. The molecular formula is C7H15NO2. The predicted molar refractivity (Wildman–Crippen MR) is 38.9 cm³/mol. The number of rotatable bonds is 1. The lowest BCUT2D eigenvalue weighted by Crippen LogP contribution is -2.54. The highest BCUT2D eigenvalue weighted by molar-refractivity contribution is 4.89. The molecule has 3 heteroatoms. The molecular weight excluding hydrogens is 130 g/mol. The van der Waals surface area contributed by atoms with Crippen LogP contribution in [-0.4, -0.2) is 37.0 Å². The zero-order valence-corrected chi connectivity index (χ0v) is 6.55. The molecule has 0 spiro atoms. The molecule has 0 bridgehead atoms. The van der Waals surface area contributed by atoms with Gasteiger partial charge in [0.1, 0.15) is 5.60 Å². The molecule has 0 aromatic rings. The van der Waals surface area contributed by atoms with Gasteiger partial charge in [-0.25, -0.2) is 0 Å². The van der Waals surface area contributed by atoms with E-state index >= 15 is 0 Å². The van der Waals surface area contributed by atoms with Crippen molar-refractivity contribution in [3.8, 4) is 0 Å². The normalized spacial score (nSPS) is 41.7. The maximum Gasteiger partial charge on any atom is 0.100 e. The summed E-state index contributed by atoms with van der Waals surface area (Å²) < 4.78 is 5.12. The van der Waals surface area contributed by atoms with Gasteiger partial charge in [-0.2, -0.15) is 0 Å². The summed E-state index contributed by atoms with van der Waals surface area (Å²) in [6, 6.07) is 0. The van der Waals surface area contributed by atoms with Crippen LogP contribution in [-0.2, 0) is 4.74 Å². The summed E-state index contributed by atoms with van der Waals surface area (Å²) >= 11 is 0. The smallest absolute Gasteiger partial charge is 0.100 e. The van der Waals surface area contributed by atoms with Crippen molar-refractivity contribution in [1.82, 2.24) is 5.32 Å². The largest absolute Gasteiger partial charge is 0.386 e. The summed E-state index contributed by atoms with van der Waals surface area (Å²) in [5.41, 5.74) is -0.688. The van der Waals surface area contributed by atoms with Crippen molar-refractivity contribution in [1.29, 1.82) is 0 Å². The fourth-order valence-electron chi connectivity index (χ4n) is 1.37. The van der Waals surface area contributed by atoms with Crippen LogP contribution in [0, 0.1) is 0 Å². The number of nitrogens with one attached hydrogen (secondary N) is 1. The fourth-order valence-corrected chi connectivity index (χ4v) is 1.37. The Labute approximate surface area is 61.4 Å². The van der Waals surface area contributed by atoms with Gasteiger partial charge in [-0.15, -0.1) is 0 Å². The van der Waals surface area contributed by atoms with Crippen molar-refractivity contribution in [2.24, 2.45) is 0 Å². The lowest BCUT2D eigenvalue weighted by atomic mass is 9.93. The van der Waals surface area contributed by atoms with Crippen LogP contribution in [0.1, 0.15) is 13.3 Å². The summed E-state index contributed by atoms with van der Waals surface area (Å²) in [4.78, 5) is 0. The van der Waals surface area contributed by atoms with Crippen molar-refractivity contribution in [2.75, 3.05) is 20.2 Å². The van der Waals surface area contributed by atoms with E-state index in [1.165, 1.54) is 0 Å². The summed E-state index contributed by atoms with van der Waals surface area (Å²) in [7, 11) is 1.64. The third kappa shape index (κ3) is 1.48. The van der Waals surface area contributed by atoms with E-state index in [0.717, 1.165) is 13.0 Å². The second-order valence-electron chi connectivity index (χ2n) is 3.05. The zero-order chi connectivity index (χ0) is 7.61. The molecule has 1 unspecified atom stereocenters. The van der Waals surface area contributed by atoms with Crippen molar-refractivity contribution in [3.05, 3.63) is 0 Å². The number of piperidine rings is 1. The van der Waals surface area contributed by atoms with Crippen molar-refractivity contribution in [2.45, 2.75) is 25.0 Å². The van der Waals surface area contributed by atoms with Gasteiger partial charge in [-0.3, -0.25) is 0 Å². The maximum absolute atomic E-state index is 9.65. The Hall–Kier alpha value is -0.120. The summed E-state index contributed by atoms with van der Waals surface area (Å²) in [6.07, 6.45) is 0.887. The molecule has 0 amide bonds. The first kappa shape index (κ1) is 7.98. The Morgan fingerprint density at radius 3 is 2.80 bits per heavy atom. The summed E-state index contributed by atoms with van der Waals surface area (Å²) in [6.45, 7) is 3.37. The molecule has 1 aliphatic heterocycles. The van der Waals surface area contributed by atoms with E-state index in [1.807, 2.05) is 0 Å². The van der Waals surface area contributed by atoms with Gasteiger partial charge in [-0.05, 0) is 19.9 Å². The molecule has 1 fully saturated rings. The van der Waals surface area contributed by atoms with Gasteiger partial charge >= 0.3 is 0 Å². The molecule has 1 heterocycles. The summed E-state index contributed by atoms with van der Waals surface area (Å²) in [5.74, 6) is 0. The molecule has 0 aliphatic carbocycles. The monoisotopic (exact) mass is 145 g/mol. The van der Waals surface area contributed by atoms with E-state index in [4.69, 9.17) is 4.74 Å². The van der Waals surface area contributed by atoms with Crippen molar-refractivity contribution >= 4 is 0 Å². The van der Waals surface area contributed by atoms with Gasteiger partial charge in [-0.1, -0.05) is 0 Å². The van der Waals surface area contributed by atoms with E-state index in [2.05, 4.69) is 5.32 Å². The highest BCUT2D eigenvalue weighted by Gasteiger charge is 2.34. The fraction of sp³-hybridized carbons (Fsp3) is 1.00. The number of aliphatic hydroxyl groups is 1. The molecule has 10 heavy (non-hydrogen) atoms. The van der Waals surface area contributed by atoms with E-state index in [-0.39, 0.29) is 6.10 Å². The number of β-amino-alcohol motifs (C(OH)–C–C–N with tert-alkyl or cyclic N) is 1. The van der Waals surface area contributed by atoms with E-state index in [1.54, 1.807) is 14.0 Å². The van der Waals surface area contributed by atoms with Gasteiger partial charge in [0.2, 0.25) is 0 Å². The van der Waals surface area contributed by atoms with E-state index < -0.39 is 5.60 Å². The van der Waals surface area contributed by atoms with E-state index in [9.17, 15) is 5.11 Å². The SMILES string of the molecule is COC1CCNC[C@]1(C)O. The second kappa shape index (κ2) is 2.86. The van der Waals surface area contributed by atoms with Crippen LogP contribution in [0.3, 0.4) is 0 Å². The molecule has 1 rings (SSSR count). The number of ether oxygens (including phenoxy) is 1. The lowest BCUT2D eigenvalue weighted by molar-refractivity contribution is -0.0954. The van der Waals surface area contributed by atoms with Crippen LogP contribution >= 0.6 is 0 Å². The molecule has 0 saturated carbocycles. The van der Waals surface area contributed by atoms with Gasteiger partial charge in [0.05, 0.1) is 6.10 Å². The molecule has 2 atom stereocenters. The van der Waals surface area contributed by atoms with Gasteiger partial charge in [0, 0.05) is 13.7 Å². The highest BCUT2D eigenvalue weighted by Crippen LogP contribution is 2.17. The minimum absolute atomic E-state index is 0.00579. The third-order valence-electron chi connectivity index (χ3n) is 2.04. The topological polar surface area (TPSA) is 41.5 Å². The first-order valence-corrected chi connectivity index (χ1v) is 3.63. The molecule has 0 radical (unpaired) electrons. The van der Waals surface area contributed by atoms with Crippen molar-refractivity contribution in [3.63, 3.8) is 0 Å². The highest BCUT2D eigenvalue weighted by atomic mass is 16.5. The average molecular weight is 145 g/mol. The van der Waals surface area contributed by atoms with Crippen LogP contribution in [0.15, 0.2) is 0 Å². The molecule has 3 nitrogen and oxygen atoms in total. The molecule has 1 saturated heterocycles. The first-order valence-electron chi connectivity index (χ1n) is 3.63. The number of hydrogen-bond acceptors (Lipinski definition) is 3. The minimum atomic E-state index is -0.688. The van der Waals surface area contributed by atoms with Crippen LogP contribution in [0.4, 0.5) is 0 Å². The van der Waals surface area contributed by atoms with Gasteiger partial charge in [0.25, 0.3) is 0 Å². The van der Waals surface area contributed by atoms with Crippen LogP contribution < -0.4 is 5.32 Å². The standard InChI is InChI=1S/C7H15NO2/c1-7(9)5-8-4-3-6(7)10-2/h6,8-9H,3-5H2,1-2H3/t6?,7-/m0/s1. The van der Waals surface area contributed by atoms with Crippen LogP contribution in [0.2, 0.25) is 0 Å². The Balaban J connectivity index is 2.51. The quantitative estimate of drug-likeness (QED) is 0.534. The van der Waals surface area contributed by atoms with Gasteiger partial charge < -0.3 is 15.2 Å². The second-order valence-corrected chi connectivity index (χ2v) is 3.05. The molecule has 1 aliphatic rings. The first-order chi connectivity index (χ1) is 4.67. The Morgan fingerprint density at radius 2 is 2.40 bits per heavy atom. The lowest BCUT2D eigenvalue weighted by Gasteiger charge is -2.36. The predicted octanol–water partition coefficient (Wildman–Crippen LogP) is -0.254. The third-order valence-corrected chi connectivity index (χ3v) is 2.04. The average Bonchev–Trinajstić information content (AvgIpc) is 1.87. The number of hydrogen-bond donors (Lipinski definition) is 2. The van der Waals surface area contributed by atoms with E-state index in [0.29, 0.717) is 6.54 Å². The zero-order valence-electron chi connectivity index (χ0n) is 6.55. The van der Waals surface area contributed by atoms with Crippen LogP contribution in [0.5, 0.6) is 0 Å². The summed E-state index contributed by atoms with van der Waals surface area (Å²) in [5, 5.41) is 12.8. The molecule has 0 aromatic carbocycles. The molecule has 2 N–H and O–H groups in total.